The Bertz CT molecular complexity index is 1550. The molecule has 0 aliphatic rings. The highest BCUT2D eigenvalue weighted by atomic mass is 16.4. The van der Waals surface area contributed by atoms with E-state index >= 15 is 0 Å². The number of hydrogen-bond donors (Lipinski definition) is 0. The number of hydrogen-bond acceptors (Lipinski definition) is 5. The first kappa shape index (κ1) is 22.2. The molecule has 0 N–H and O–H groups in total. The monoisotopic (exact) mass is 442 g/mol. The Morgan fingerprint density at radius 2 is 1.41 bits per heavy atom. The van der Waals surface area contributed by atoms with Crippen molar-refractivity contribution in [2.45, 2.75) is 6.42 Å². The molecule has 3 aromatic carbocycles. The van der Waals surface area contributed by atoms with E-state index in [2.05, 4.69) is 0 Å². The van der Waals surface area contributed by atoms with Crippen molar-refractivity contribution in [1.82, 2.24) is 0 Å². The van der Waals surface area contributed by atoms with Crippen molar-refractivity contribution in [2.75, 3.05) is 0 Å². The fourth-order valence-electron chi connectivity index (χ4n) is 3.76. The summed E-state index contributed by atoms with van der Waals surface area (Å²) in [6, 6.07) is 28.8. The van der Waals surface area contributed by atoms with Gasteiger partial charge in [0.25, 0.3) is 0 Å². The minimum atomic E-state index is -0.603. The molecule has 5 heteroatoms. The number of fused-ring (bicyclic) bond motifs is 1. The van der Waals surface area contributed by atoms with Gasteiger partial charge in [0.15, 0.2) is 5.78 Å². The van der Waals surface area contributed by atoms with Crippen LogP contribution in [0.4, 0.5) is 0 Å². The van der Waals surface area contributed by atoms with E-state index in [1.54, 1.807) is 36.4 Å². The Kier molecular flexibility index (Phi) is 6.58. The smallest absolute Gasteiger partial charge is 0.343 e. The van der Waals surface area contributed by atoms with Gasteiger partial charge < -0.3 is 4.42 Å². The molecule has 4 rings (SSSR count). The third kappa shape index (κ3) is 4.60. The number of benzene rings is 3. The van der Waals surface area contributed by atoms with Crippen LogP contribution in [-0.4, -0.2) is 5.78 Å². The van der Waals surface area contributed by atoms with Crippen LogP contribution in [0.15, 0.2) is 106 Å². The zero-order valence-corrected chi connectivity index (χ0v) is 18.1. The second-order valence-electron chi connectivity index (χ2n) is 7.46. The van der Waals surface area contributed by atoms with Crippen molar-refractivity contribution < 1.29 is 9.21 Å². The van der Waals surface area contributed by atoms with Crippen LogP contribution < -0.4 is 5.63 Å². The summed E-state index contributed by atoms with van der Waals surface area (Å²) in [6.07, 6.45) is 2.91. The molecule has 162 valence electrons. The maximum atomic E-state index is 13.0. The second kappa shape index (κ2) is 10.1. The van der Waals surface area contributed by atoms with Gasteiger partial charge in [-0.3, -0.25) is 4.79 Å². The lowest BCUT2D eigenvalue weighted by molar-refractivity contribution is 0.104. The molecule has 0 aliphatic carbocycles. The lowest BCUT2D eigenvalue weighted by Crippen LogP contribution is -2.10. The van der Waals surface area contributed by atoms with Gasteiger partial charge in [-0.2, -0.15) is 10.5 Å². The van der Waals surface area contributed by atoms with E-state index in [0.29, 0.717) is 33.2 Å². The third-order valence-corrected chi connectivity index (χ3v) is 5.42. The van der Waals surface area contributed by atoms with E-state index in [-0.39, 0.29) is 23.3 Å². The van der Waals surface area contributed by atoms with Crippen LogP contribution in [0.3, 0.4) is 0 Å². The summed E-state index contributed by atoms with van der Waals surface area (Å²) in [5.74, 6) is -0.257. The Hall–Kier alpha value is -5.00. The predicted octanol–water partition coefficient (Wildman–Crippen LogP) is 5.73. The van der Waals surface area contributed by atoms with Crippen LogP contribution in [0.25, 0.3) is 22.6 Å². The van der Waals surface area contributed by atoms with Gasteiger partial charge in [0.05, 0.1) is 5.56 Å². The lowest BCUT2D eigenvalue weighted by Gasteiger charge is -2.13. The Labute approximate surface area is 196 Å². The predicted molar refractivity (Wildman–Crippen MR) is 131 cm³/mol. The zero-order chi connectivity index (χ0) is 23.9. The summed E-state index contributed by atoms with van der Waals surface area (Å²) in [5.41, 5.74) is 2.20. The van der Waals surface area contributed by atoms with Gasteiger partial charge in [-0.15, -0.1) is 0 Å². The number of nitrogens with zero attached hydrogens (tertiary/aromatic N) is 2. The Morgan fingerprint density at radius 3 is 2.06 bits per heavy atom. The van der Waals surface area contributed by atoms with Gasteiger partial charge in [-0.1, -0.05) is 78.9 Å². The van der Waals surface area contributed by atoms with Gasteiger partial charge in [-0.05, 0) is 34.9 Å². The van der Waals surface area contributed by atoms with E-state index in [0.717, 1.165) is 0 Å². The van der Waals surface area contributed by atoms with Crippen molar-refractivity contribution in [3.63, 3.8) is 0 Å². The van der Waals surface area contributed by atoms with Crippen molar-refractivity contribution in [2.24, 2.45) is 0 Å². The number of rotatable bonds is 6. The molecule has 4 aromatic rings. The van der Waals surface area contributed by atoms with E-state index in [1.165, 1.54) is 12.2 Å². The molecule has 1 aromatic heterocycles. The molecule has 1 heterocycles. The summed E-state index contributed by atoms with van der Waals surface area (Å²) in [7, 11) is 0. The minimum absolute atomic E-state index is 0.0428. The zero-order valence-electron chi connectivity index (χ0n) is 18.1. The molecule has 0 saturated carbocycles. The SMILES string of the molecule is N#CC(C#N)=C(Cc1c(/C=C/C(=O)c2ccccc2)c(=O)oc2ccccc12)c1ccccc1. The second-order valence-corrected chi connectivity index (χ2v) is 7.46. The van der Waals surface area contributed by atoms with Gasteiger partial charge in [0.1, 0.15) is 23.3 Å². The molecule has 0 aliphatic heterocycles. The standard InChI is InChI=1S/C29H18N2O3/c30-18-22(19-31)25(20-9-3-1-4-10-20)17-26-23-13-7-8-14-28(23)34-29(33)24(26)15-16-27(32)21-11-5-2-6-12-21/h1-16H,17H2/b16-15+. The van der Waals surface area contributed by atoms with Crippen molar-refractivity contribution >= 4 is 28.4 Å². The van der Waals surface area contributed by atoms with Crippen LogP contribution in [0.5, 0.6) is 0 Å². The fourth-order valence-corrected chi connectivity index (χ4v) is 3.76. The Morgan fingerprint density at radius 1 is 0.824 bits per heavy atom. The van der Waals surface area contributed by atoms with Crippen molar-refractivity contribution in [1.29, 1.82) is 10.5 Å². The molecule has 34 heavy (non-hydrogen) atoms. The van der Waals surface area contributed by atoms with Gasteiger partial charge in [-0.25, -0.2) is 4.79 Å². The number of allylic oxidation sites excluding steroid dienone is 3. The molecule has 0 atom stereocenters. The summed E-state index contributed by atoms with van der Waals surface area (Å²) in [5, 5.41) is 19.9. The highest BCUT2D eigenvalue weighted by Crippen LogP contribution is 2.29. The average Bonchev–Trinajstić information content (AvgIpc) is 2.89. The summed E-state index contributed by atoms with van der Waals surface area (Å²) in [4.78, 5) is 25.6. The normalized spacial score (nSPS) is 10.5. The number of carbonyl (C=O) groups is 1. The quantitative estimate of drug-likeness (QED) is 0.164. The van der Waals surface area contributed by atoms with E-state index in [1.807, 2.05) is 60.7 Å². The minimum Gasteiger partial charge on any atom is -0.422 e. The molecule has 0 saturated heterocycles. The van der Waals surface area contributed by atoms with Crippen LogP contribution in [0.1, 0.15) is 27.0 Å². The Balaban J connectivity index is 1.91. The van der Waals surface area contributed by atoms with E-state index in [4.69, 9.17) is 4.42 Å². The first-order valence-corrected chi connectivity index (χ1v) is 10.5. The summed E-state index contributed by atoms with van der Waals surface area (Å²) in [6.45, 7) is 0. The number of para-hydroxylation sites is 1. The molecule has 0 bridgehead atoms. The van der Waals surface area contributed by atoms with E-state index < -0.39 is 5.63 Å². The molecule has 5 nitrogen and oxygen atoms in total. The van der Waals surface area contributed by atoms with Crippen LogP contribution >= 0.6 is 0 Å². The maximum Gasteiger partial charge on any atom is 0.343 e. The number of ketones is 1. The van der Waals surface area contributed by atoms with Crippen LogP contribution in [0.2, 0.25) is 0 Å². The molecule has 0 amide bonds. The summed E-state index contributed by atoms with van der Waals surface area (Å²) >= 11 is 0. The average molecular weight is 442 g/mol. The first-order valence-electron chi connectivity index (χ1n) is 10.5. The lowest BCUT2D eigenvalue weighted by atomic mass is 9.90. The molecule has 0 spiro atoms. The number of nitriles is 2. The number of carbonyl (C=O) groups excluding carboxylic acids is 1. The largest absolute Gasteiger partial charge is 0.422 e. The van der Waals surface area contributed by atoms with Gasteiger partial charge in [0, 0.05) is 17.4 Å². The van der Waals surface area contributed by atoms with Gasteiger partial charge in [0.2, 0.25) is 0 Å². The highest BCUT2D eigenvalue weighted by Gasteiger charge is 2.18. The highest BCUT2D eigenvalue weighted by molar-refractivity contribution is 6.07. The maximum absolute atomic E-state index is 13.0. The molecule has 0 unspecified atom stereocenters. The molecule has 0 fully saturated rings. The molecular weight excluding hydrogens is 424 g/mol. The van der Waals surface area contributed by atoms with Crippen molar-refractivity contribution in [3.05, 3.63) is 129 Å². The summed E-state index contributed by atoms with van der Waals surface area (Å²) < 4.78 is 5.51. The van der Waals surface area contributed by atoms with E-state index in [9.17, 15) is 20.1 Å². The molecule has 0 radical (unpaired) electrons. The topological polar surface area (TPSA) is 94.9 Å². The van der Waals surface area contributed by atoms with Crippen LogP contribution in [-0.2, 0) is 6.42 Å². The third-order valence-electron chi connectivity index (χ3n) is 5.42. The van der Waals surface area contributed by atoms with Crippen LogP contribution in [0, 0.1) is 22.7 Å². The first-order chi connectivity index (χ1) is 16.6. The molecular formula is C29H18N2O3. The fraction of sp³-hybridized carbons (Fsp3) is 0.0345. The van der Waals surface area contributed by atoms with Gasteiger partial charge >= 0.3 is 5.63 Å². The van der Waals surface area contributed by atoms with Crippen molar-refractivity contribution in [3.8, 4) is 12.1 Å².